The lowest BCUT2D eigenvalue weighted by atomic mass is 10.1. The number of aromatic carboxylic acids is 1. The first-order valence-corrected chi connectivity index (χ1v) is 8.00. The number of hydrogen-bond acceptors (Lipinski definition) is 5. The molecule has 0 fully saturated rings. The van der Waals surface area contributed by atoms with E-state index in [9.17, 15) is 13.2 Å². The molecule has 0 saturated carbocycles. The van der Waals surface area contributed by atoms with Gasteiger partial charge in [-0.2, -0.15) is 0 Å². The van der Waals surface area contributed by atoms with Crippen LogP contribution in [0.15, 0.2) is 16.3 Å². The molecule has 0 bridgehead atoms. The summed E-state index contributed by atoms with van der Waals surface area (Å²) in [5.74, 6) is -1.25. The fourth-order valence-electron chi connectivity index (χ4n) is 1.45. The summed E-state index contributed by atoms with van der Waals surface area (Å²) >= 11 is 0.878. The maximum absolute atomic E-state index is 12.0. The van der Waals surface area contributed by atoms with E-state index < -0.39 is 21.6 Å². The second-order valence-corrected chi connectivity index (χ2v) is 7.09. The topological polar surface area (TPSA) is 92.7 Å². The van der Waals surface area contributed by atoms with Crippen molar-refractivity contribution in [3.63, 3.8) is 0 Å². The Bertz CT molecular complexity index is 547. The van der Waals surface area contributed by atoms with Gasteiger partial charge in [0.2, 0.25) is 10.0 Å². The first-order valence-electron chi connectivity index (χ1n) is 5.64. The Labute approximate surface area is 116 Å². The summed E-state index contributed by atoms with van der Waals surface area (Å²) in [5, 5.41) is 10.4. The number of carboxylic acid groups (broad SMARTS) is 1. The number of thiophene rings is 1. The predicted molar refractivity (Wildman–Crippen MR) is 72.2 cm³/mol. The third-order valence-corrected chi connectivity index (χ3v) is 4.81. The molecule has 1 rings (SSSR count). The largest absolute Gasteiger partial charge is 0.477 e. The summed E-state index contributed by atoms with van der Waals surface area (Å²) in [6, 6.07) is 1.28. The Morgan fingerprint density at radius 3 is 2.68 bits per heavy atom. The molecule has 0 saturated heterocycles. The highest BCUT2D eigenvalue weighted by atomic mass is 32.2. The number of carboxylic acids is 1. The molecule has 6 nitrogen and oxygen atoms in total. The van der Waals surface area contributed by atoms with Gasteiger partial charge in [-0.1, -0.05) is 0 Å². The molecule has 19 heavy (non-hydrogen) atoms. The van der Waals surface area contributed by atoms with Crippen LogP contribution < -0.4 is 4.72 Å². The normalized spacial score (nSPS) is 12.6. The molecule has 0 spiro atoms. The highest BCUT2D eigenvalue weighted by Gasteiger charge is 2.26. The van der Waals surface area contributed by atoms with E-state index >= 15 is 0 Å². The zero-order valence-corrected chi connectivity index (χ0v) is 12.6. The summed E-state index contributed by atoms with van der Waals surface area (Å²) in [6.45, 7) is 5.86. The maximum Gasteiger partial charge on any atom is 0.347 e. The van der Waals surface area contributed by atoms with Crippen molar-refractivity contribution in [1.29, 1.82) is 0 Å². The van der Waals surface area contributed by atoms with Crippen molar-refractivity contribution in [3.05, 3.63) is 16.3 Å². The molecule has 0 aromatic carbocycles. The van der Waals surface area contributed by atoms with Crippen LogP contribution in [0.1, 0.15) is 30.4 Å². The van der Waals surface area contributed by atoms with E-state index in [0.29, 0.717) is 6.61 Å². The fraction of sp³-hybridized carbons (Fsp3) is 0.545. The lowest BCUT2D eigenvalue weighted by Crippen LogP contribution is -2.40. The molecule has 0 atom stereocenters. The van der Waals surface area contributed by atoms with E-state index in [1.807, 2.05) is 6.92 Å². The molecule has 0 aliphatic heterocycles. The fourth-order valence-corrected chi connectivity index (χ4v) is 3.91. The summed E-state index contributed by atoms with van der Waals surface area (Å²) < 4.78 is 31.8. The Kier molecular flexibility index (Phi) is 5.08. The van der Waals surface area contributed by atoms with Gasteiger partial charge < -0.3 is 9.84 Å². The lowest BCUT2D eigenvalue weighted by molar-refractivity contribution is -0.00514. The van der Waals surface area contributed by atoms with Gasteiger partial charge in [0.1, 0.15) is 9.77 Å². The van der Waals surface area contributed by atoms with E-state index in [0.717, 1.165) is 11.3 Å². The minimum absolute atomic E-state index is 0.0675. The maximum atomic E-state index is 12.0. The average molecular weight is 307 g/mol. The zero-order chi connectivity index (χ0) is 14.7. The Balaban J connectivity index is 2.88. The van der Waals surface area contributed by atoms with Crippen molar-refractivity contribution >= 4 is 27.3 Å². The van der Waals surface area contributed by atoms with Crippen molar-refractivity contribution < 1.29 is 23.1 Å². The van der Waals surface area contributed by atoms with Gasteiger partial charge in [0, 0.05) is 13.2 Å². The highest BCUT2D eigenvalue weighted by Crippen LogP contribution is 2.22. The molecule has 2 N–H and O–H groups in total. The molecular weight excluding hydrogens is 290 g/mol. The van der Waals surface area contributed by atoms with Crippen LogP contribution in [0, 0.1) is 0 Å². The first kappa shape index (κ1) is 16.1. The smallest absolute Gasteiger partial charge is 0.347 e. The molecule has 1 aromatic rings. The number of ether oxygens (including phenoxy) is 1. The minimum Gasteiger partial charge on any atom is -0.477 e. The van der Waals surface area contributed by atoms with E-state index in [1.165, 1.54) is 11.4 Å². The van der Waals surface area contributed by atoms with Gasteiger partial charge in [-0.3, -0.25) is 0 Å². The second-order valence-electron chi connectivity index (χ2n) is 4.44. The lowest BCUT2D eigenvalue weighted by Gasteiger charge is -2.24. The third-order valence-electron chi connectivity index (χ3n) is 2.34. The van der Waals surface area contributed by atoms with Crippen molar-refractivity contribution in [2.75, 3.05) is 13.2 Å². The number of rotatable bonds is 7. The van der Waals surface area contributed by atoms with Crippen molar-refractivity contribution in [2.45, 2.75) is 31.3 Å². The minimum atomic E-state index is -3.84. The highest BCUT2D eigenvalue weighted by molar-refractivity contribution is 7.89. The van der Waals surface area contributed by atoms with Gasteiger partial charge in [0.15, 0.2) is 0 Å². The number of sulfonamides is 1. The van der Waals surface area contributed by atoms with Crippen molar-refractivity contribution in [3.8, 4) is 0 Å². The van der Waals surface area contributed by atoms with Gasteiger partial charge in [-0.05, 0) is 32.2 Å². The quantitative estimate of drug-likeness (QED) is 0.797. The van der Waals surface area contributed by atoms with Crippen LogP contribution in [0.2, 0.25) is 0 Å². The molecule has 0 amide bonds. The molecule has 0 radical (unpaired) electrons. The van der Waals surface area contributed by atoms with Gasteiger partial charge >= 0.3 is 5.97 Å². The summed E-state index contributed by atoms with van der Waals surface area (Å²) in [4.78, 5) is 10.5. The van der Waals surface area contributed by atoms with Crippen molar-refractivity contribution in [1.82, 2.24) is 4.72 Å². The molecule has 0 aliphatic carbocycles. The standard InChI is InChI=1S/C11H17NO5S2/c1-4-17-11(2,3)7-12-19(15,16)8-5-6-18-9(8)10(13)14/h5-6,12H,4,7H2,1-3H3,(H,13,14). The molecule has 0 aliphatic rings. The molecule has 0 unspecified atom stereocenters. The average Bonchev–Trinajstić information content (AvgIpc) is 2.76. The zero-order valence-electron chi connectivity index (χ0n) is 11.0. The number of hydrogen-bond donors (Lipinski definition) is 2. The second kappa shape index (κ2) is 6.00. The third kappa shape index (κ3) is 4.27. The van der Waals surface area contributed by atoms with Gasteiger partial charge in [-0.25, -0.2) is 17.9 Å². The van der Waals surface area contributed by atoms with E-state index in [1.54, 1.807) is 13.8 Å². The van der Waals surface area contributed by atoms with E-state index in [4.69, 9.17) is 9.84 Å². The summed E-state index contributed by atoms with van der Waals surface area (Å²) in [6.07, 6.45) is 0. The first-order chi connectivity index (χ1) is 8.69. The molecular formula is C11H17NO5S2. The number of carbonyl (C=O) groups is 1. The van der Waals surface area contributed by atoms with Crippen LogP contribution in [0.3, 0.4) is 0 Å². The van der Waals surface area contributed by atoms with Crippen LogP contribution in [-0.4, -0.2) is 38.2 Å². The summed E-state index contributed by atoms with van der Waals surface area (Å²) in [5.41, 5.74) is -0.652. The Hall–Kier alpha value is -0.960. The predicted octanol–water partition coefficient (Wildman–Crippen LogP) is 1.54. The van der Waals surface area contributed by atoms with Crippen LogP contribution in [0.25, 0.3) is 0 Å². The Morgan fingerprint density at radius 1 is 1.53 bits per heavy atom. The van der Waals surface area contributed by atoms with Crippen LogP contribution >= 0.6 is 11.3 Å². The van der Waals surface area contributed by atoms with Crippen LogP contribution in [-0.2, 0) is 14.8 Å². The van der Waals surface area contributed by atoms with Crippen LogP contribution in [0.4, 0.5) is 0 Å². The Morgan fingerprint density at radius 2 is 2.16 bits per heavy atom. The van der Waals surface area contributed by atoms with Gasteiger partial charge in [-0.15, -0.1) is 11.3 Å². The number of nitrogens with one attached hydrogen (secondary N) is 1. The van der Waals surface area contributed by atoms with E-state index in [-0.39, 0.29) is 16.3 Å². The van der Waals surface area contributed by atoms with Gasteiger partial charge in [0.05, 0.1) is 5.60 Å². The van der Waals surface area contributed by atoms with Gasteiger partial charge in [0.25, 0.3) is 0 Å². The molecule has 1 heterocycles. The molecule has 1 aromatic heterocycles. The monoisotopic (exact) mass is 307 g/mol. The molecule has 8 heteroatoms. The van der Waals surface area contributed by atoms with Crippen LogP contribution in [0.5, 0.6) is 0 Å². The van der Waals surface area contributed by atoms with Crippen molar-refractivity contribution in [2.24, 2.45) is 0 Å². The SMILES string of the molecule is CCOC(C)(C)CNS(=O)(=O)c1ccsc1C(=O)O. The molecule has 108 valence electrons. The summed E-state index contributed by atoms with van der Waals surface area (Å²) in [7, 11) is -3.84. The van der Waals surface area contributed by atoms with E-state index in [2.05, 4.69) is 4.72 Å².